The second-order valence-corrected chi connectivity index (χ2v) is 11.5. The topological polar surface area (TPSA) is 63.6 Å². The van der Waals surface area contributed by atoms with Gasteiger partial charge in [0.05, 0.1) is 5.41 Å². The lowest BCUT2D eigenvalue weighted by Crippen LogP contribution is -2.60. The molecule has 0 aromatic rings. The Hall–Kier alpha value is -1.32. The molecule has 0 aromatic heterocycles. The lowest BCUT2D eigenvalue weighted by atomic mass is 9.40. The first-order valence-electron chi connectivity index (χ1n) is 11.7. The van der Waals surface area contributed by atoms with Crippen LogP contribution in [0.3, 0.4) is 0 Å². The number of carboxylic acid groups (broad SMARTS) is 1. The molecule has 0 radical (unpaired) electrons. The molecule has 0 unspecified atom stereocenters. The van der Waals surface area contributed by atoms with Crippen molar-refractivity contribution in [3.05, 3.63) is 12.2 Å². The third kappa shape index (κ3) is 2.91. The number of ether oxygens (including phenoxy) is 1. The Kier molecular flexibility index (Phi) is 4.94. The maximum Gasteiger partial charge on any atom is 0.309 e. The largest absolute Gasteiger partial charge is 0.481 e. The zero-order valence-electron chi connectivity index (χ0n) is 18.6. The van der Waals surface area contributed by atoms with Gasteiger partial charge in [-0.05, 0) is 86.5 Å². The molecule has 4 fully saturated rings. The van der Waals surface area contributed by atoms with E-state index in [4.69, 9.17) is 4.74 Å². The summed E-state index contributed by atoms with van der Waals surface area (Å²) in [5.41, 5.74) is 0.463. The molecule has 4 rings (SSSR count). The van der Waals surface area contributed by atoms with E-state index >= 15 is 0 Å². The van der Waals surface area contributed by atoms with Gasteiger partial charge in [0.15, 0.2) is 0 Å². The molecule has 1 N–H and O–H groups in total. The first-order valence-corrected chi connectivity index (χ1v) is 11.7. The van der Waals surface area contributed by atoms with Gasteiger partial charge in [0, 0.05) is 11.8 Å². The number of hydrogen-bond acceptors (Lipinski definition) is 3. The molecule has 4 heteroatoms. The molecule has 7 atom stereocenters. The Morgan fingerprint density at radius 3 is 2.52 bits per heavy atom. The molecule has 0 heterocycles. The van der Waals surface area contributed by atoms with Gasteiger partial charge >= 0.3 is 11.9 Å². The van der Waals surface area contributed by atoms with Gasteiger partial charge < -0.3 is 9.84 Å². The van der Waals surface area contributed by atoms with E-state index in [0.29, 0.717) is 18.3 Å². The van der Waals surface area contributed by atoms with E-state index < -0.39 is 11.4 Å². The Labute approximate surface area is 175 Å². The van der Waals surface area contributed by atoms with Crippen molar-refractivity contribution in [2.75, 3.05) is 0 Å². The van der Waals surface area contributed by atoms with Gasteiger partial charge in [-0.3, -0.25) is 9.59 Å². The molecule has 2 bridgehead atoms. The Bertz CT molecular complexity index is 726. The fraction of sp³-hybridized carbons (Fsp3) is 0.840. The van der Waals surface area contributed by atoms with Crippen LogP contribution in [0.25, 0.3) is 0 Å². The standard InChI is InChI=1S/C25H38O4/c1-15(2)13-20(26)29-21-16(3)17-7-8-19-23(4)10-6-11-24(5,22(27)28)18(23)9-12-25(19,21)14-17/h15,17-19,21H,3,6-14H2,1-2,4-5H3,(H,27,28)/t17-,18+,19+,21+,23-,24-,25-/m1/s1. The maximum absolute atomic E-state index is 12.6. The Morgan fingerprint density at radius 1 is 1.14 bits per heavy atom. The van der Waals surface area contributed by atoms with Crippen LogP contribution in [0.1, 0.15) is 85.5 Å². The van der Waals surface area contributed by atoms with E-state index in [1.807, 2.05) is 20.8 Å². The number of hydrogen-bond donors (Lipinski definition) is 1. The van der Waals surface area contributed by atoms with Crippen LogP contribution < -0.4 is 0 Å². The van der Waals surface area contributed by atoms with Crippen molar-refractivity contribution in [1.29, 1.82) is 0 Å². The highest BCUT2D eigenvalue weighted by Crippen LogP contribution is 2.72. The number of fused-ring (bicyclic) bond motifs is 3. The lowest BCUT2D eigenvalue weighted by Gasteiger charge is -2.63. The molecule has 0 saturated heterocycles. The minimum absolute atomic E-state index is 0.00192. The Balaban J connectivity index is 1.69. The quantitative estimate of drug-likeness (QED) is 0.490. The normalized spacial score (nSPS) is 46.2. The average molecular weight is 403 g/mol. The van der Waals surface area contributed by atoms with Crippen LogP contribution in [-0.2, 0) is 14.3 Å². The molecule has 0 aliphatic heterocycles. The molecule has 4 saturated carbocycles. The molecule has 4 aliphatic carbocycles. The van der Waals surface area contributed by atoms with Crippen molar-refractivity contribution in [2.45, 2.75) is 91.6 Å². The van der Waals surface area contributed by atoms with Crippen molar-refractivity contribution in [3.63, 3.8) is 0 Å². The number of carboxylic acids is 1. The molecule has 29 heavy (non-hydrogen) atoms. The monoisotopic (exact) mass is 402 g/mol. The van der Waals surface area contributed by atoms with Crippen LogP contribution >= 0.6 is 0 Å². The third-order valence-electron chi connectivity index (χ3n) is 9.49. The molecule has 1 spiro atoms. The molecule has 162 valence electrons. The summed E-state index contributed by atoms with van der Waals surface area (Å²) in [5, 5.41) is 10.1. The van der Waals surface area contributed by atoms with Crippen molar-refractivity contribution in [1.82, 2.24) is 0 Å². The van der Waals surface area contributed by atoms with Gasteiger partial charge in [0.1, 0.15) is 6.10 Å². The van der Waals surface area contributed by atoms with Crippen molar-refractivity contribution in [2.24, 2.45) is 39.9 Å². The second kappa shape index (κ2) is 6.85. The predicted molar refractivity (Wildman–Crippen MR) is 112 cm³/mol. The number of aliphatic carboxylic acids is 1. The van der Waals surface area contributed by atoms with E-state index in [0.717, 1.165) is 56.9 Å². The predicted octanol–water partition coefficient (Wildman–Crippen LogP) is 5.61. The van der Waals surface area contributed by atoms with Gasteiger partial charge in [0.2, 0.25) is 0 Å². The first kappa shape index (κ1) is 20.9. The maximum atomic E-state index is 12.6. The lowest BCUT2D eigenvalue weighted by molar-refractivity contribution is -0.196. The molecule has 4 nitrogen and oxygen atoms in total. The fourth-order valence-corrected chi connectivity index (χ4v) is 8.29. The highest BCUT2D eigenvalue weighted by Gasteiger charge is 2.68. The van der Waals surface area contributed by atoms with Crippen LogP contribution in [0, 0.1) is 39.9 Å². The summed E-state index contributed by atoms with van der Waals surface area (Å²) in [6.07, 6.45) is 8.31. The van der Waals surface area contributed by atoms with Gasteiger partial charge in [-0.25, -0.2) is 0 Å². The van der Waals surface area contributed by atoms with E-state index in [9.17, 15) is 14.7 Å². The summed E-state index contributed by atoms with van der Waals surface area (Å²) < 4.78 is 6.18. The van der Waals surface area contributed by atoms with Crippen LogP contribution in [0.15, 0.2) is 12.2 Å². The fourth-order valence-electron chi connectivity index (χ4n) is 8.29. The highest BCUT2D eigenvalue weighted by atomic mass is 16.5. The van der Waals surface area contributed by atoms with Crippen molar-refractivity contribution < 1.29 is 19.4 Å². The highest BCUT2D eigenvalue weighted by molar-refractivity contribution is 5.75. The van der Waals surface area contributed by atoms with Crippen LogP contribution in [-0.4, -0.2) is 23.1 Å². The van der Waals surface area contributed by atoms with Gasteiger partial charge in [-0.2, -0.15) is 0 Å². The molecular weight excluding hydrogens is 364 g/mol. The zero-order valence-corrected chi connectivity index (χ0v) is 18.6. The summed E-state index contributed by atoms with van der Waals surface area (Å²) in [4.78, 5) is 24.9. The third-order valence-corrected chi connectivity index (χ3v) is 9.49. The molecule has 0 aromatic carbocycles. The number of carbonyl (C=O) groups excluding carboxylic acids is 1. The molecule has 4 aliphatic rings. The van der Waals surface area contributed by atoms with Gasteiger partial charge in [-0.15, -0.1) is 0 Å². The Morgan fingerprint density at radius 2 is 1.86 bits per heavy atom. The summed E-state index contributed by atoms with van der Waals surface area (Å²) in [6, 6.07) is 0. The summed E-state index contributed by atoms with van der Waals surface area (Å²) >= 11 is 0. The van der Waals surface area contributed by atoms with Crippen LogP contribution in [0.4, 0.5) is 0 Å². The average Bonchev–Trinajstić information content (AvgIpc) is 2.81. The minimum Gasteiger partial charge on any atom is -0.481 e. The first-order chi connectivity index (χ1) is 13.5. The van der Waals surface area contributed by atoms with Gasteiger partial charge in [0.25, 0.3) is 0 Å². The van der Waals surface area contributed by atoms with E-state index in [-0.39, 0.29) is 34.7 Å². The van der Waals surface area contributed by atoms with E-state index in [1.165, 1.54) is 0 Å². The SMILES string of the molecule is C=C1[C@@H]2CC[C@H]3[C@]4(C)CCC[C@@](C)(C(=O)O)[C@H]4CC[C@]3(C2)[C@H]1OC(=O)CC(C)C. The van der Waals surface area contributed by atoms with Crippen LogP contribution in [0.2, 0.25) is 0 Å². The number of esters is 1. The zero-order chi connectivity index (χ0) is 21.2. The number of carbonyl (C=O) groups is 2. The van der Waals surface area contributed by atoms with Crippen molar-refractivity contribution in [3.8, 4) is 0 Å². The summed E-state index contributed by atoms with van der Waals surface area (Å²) in [7, 11) is 0. The van der Waals surface area contributed by atoms with Gasteiger partial charge in [-0.1, -0.05) is 33.8 Å². The van der Waals surface area contributed by atoms with Crippen molar-refractivity contribution >= 4 is 11.9 Å². The van der Waals surface area contributed by atoms with E-state index in [2.05, 4.69) is 13.5 Å². The number of rotatable bonds is 4. The van der Waals surface area contributed by atoms with Crippen LogP contribution in [0.5, 0.6) is 0 Å². The minimum atomic E-state index is -0.634. The summed E-state index contributed by atoms with van der Waals surface area (Å²) in [6.45, 7) is 12.8. The summed E-state index contributed by atoms with van der Waals surface area (Å²) in [5.74, 6) is 0.631. The molecular formula is C25H38O4. The van der Waals surface area contributed by atoms with E-state index in [1.54, 1.807) is 0 Å². The molecule has 0 amide bonds. The second-order valence-electron chi connectivity index (χ2n) is 11.5. The smallest absolute Gasteiger partial charge is 0.309 e.